The molecule has 17 heavy (non-hydrogen) atoms. The molecule has 5 nitrogen and oxygen atoms in total. The maximum absolute atomic E-state index is 11.9. The summed E-state index contributed by atoms with van der Waals surface area (Å²) < 4.78 is 0. The van der Waals surface area contributed by atoms with Crippen LogP contribution in [0.1, 0.15) is 25.7 Å². The summed E-state index contributed by atoms with van der Waals surface area (Å²) in [5.41, 5.74) is 0. The van der Waals surface area contributed by atoms with Crippen LogP contribution >= 0.6 is 11.8 Å². The molecule has 0 unspecified atom stereocenters. The molecule has 0 radical (unpaired) electrons. The third-order valence-electron chi connectivity index (χ3n) is 3.44. The minimum absolute atomic E-state index is 0.227. The Bertz CT molecular complexity index is 305. The lowest BCUT2D eigenvalue weighted by atomic mass is 10.1. The first-order chi connectivity index (χ1) is 8.18. The predicted octanol–water partition coefficient (Wildman–Crippen LogP) is 1.35. The topological polar surface area (TPSA) is 69.6 Å². The number of carbonyl (C=O) groups excluding carboxylic acids is 1. The summed E-state index contributed by atoms with van der Waals surface area (Å²) in [6.45, 7) is 0.687. The van der Waals surface area contributed by atoms with Gasteiger partial charge in [-0.3, -0.25) is 0 Å². The molecule has 0 bridgehead atoms. The van der Waals surface area contributed by atoms with Gasteiger partial charge in [-0.2, -0.15) is 0 Å². The Labute approximate surface area is 105 Å². The van der Waals surface area contributed by atoms with Gasteiger partial charge in [0.25, 0.3) is 0 Å². The number of carbonyl (C=O) groups is 2. The van der Waals surface area contributed by atoms with Gasteiger partial charge in [-0.25, -0.2) is 9.59 Å². The van der Waals surface area contributed by atoms with Crippen LogP contribution in [0.4, 0.5) is 4.79 Å². The zero-order valence-electron chi connectivity index (χ0n) is 9.72. The molecule has 2 N–H and O–H groups in total. The van der Waals surface area contributed by atoms with E-state index >= 15 is 0 Å². The van der Waals surface area contributed by atoms with Gasteiger partial charge in [0.1, 0.15) is 6.04 Å². The molecule has 2 aliphatic rings. The molecule has 0 aromatic carbocycles. The molecule has 2 amide bonds. The second kappa shape index (κ2) is 5.62. The van der Waals surface area contributed by atoms with Crippen molar-refractivity contribution in [3.63, 3.8) is 0 Å². The molecule has 1 saturated heterocycles. The summed E-state index contributed by atoms with van der Waals surface area (Å²) >= 11 is 1.49. The standard InChI is InChI=1S/C11H18N2O3S/c14-10(15)9-6-17-7-13(9)11(16)12-5-8-3-1-2-4-8/h8-9H,1-7H2,(H,12,16)(H,14,15)/t9-/m0/s1. The smallest absolute Gasteiger partial charge is 0.327 e. The highest BCUT2D eigenvalue weighted by atomic mass is 32.2. The number of aliphatic carboxylic acids is 1. The van der Waals surface area contributed by atoms with Crippen molar-refractivity contribution < 1.29 is 14.7 Å². The third kappa shape index (κ3) is 3.06. The van der Waals surface area contributed by atoms with Crippen LogP contribution in [0.25, 0.3) is 0 Å². The fourth-order valence-electron chi connectivity index (χ4n) is 2.40. The number of amides is 2. The Morgan fingerprint density at radius 3 is 2.71 bits per heavy atom. The van der Waals surface area contributed by atoms with Crippen LogP contribution in [-0.2, 0) is 4.79 Å². The molecule has 1 saturated carbocycles. The average Bonchev–Trinajstić information content (AvgIpc) is 2.96. The first-order valence-corrected chi connectivity index (χ1v) is 7.19. The zero-order valence-corrected chi connectivity index (χ0v) is 10.5. The molecule has 2 fully saturated rings. The Hall–Kier alpha value is -0.910. The van der Waals surface area contributed by atoms with E-state index in [2.05, 4.69) is 5.32 Å². The summed E-state index contributed by atoms with van der Waals surface area (Å²) in [5, 5.41) is 11.8. The maximum Gasteiger partial charge on any atom is 0.327 e. The molecule has 0 spiro atoms. The number of hydrogen-bond donors (Lipinski definition) is 2. The van der Waals surface area contributed by atoms with E-state index in [4.69, 9.17) is 5.11 Å². The van der Waals surface area contributed by atoms with Crippen LogP contribution in [0.3, 0.4) is 0 Å². The van der Waals surface area contributed by atoms with E-state index in [0.29, 0.717) is 24.1 Å². The zero-order chi connectivity index (χ0) is 12.3. The van der Waals surface area contributed by atoms with E-state index in [1.54, 1.807) is 0 Å². The number of hydrogen-bond acceptors (Lipinski definition) is 3. The number of carboxylic acid groups (broad SMARTS) is 1. The number of nitrogens with zero attached hydrogens (tertiary/aromatic N) is 1. The fraction of sp³-hybridized carbons (Fsp3) is 0.818. The highest BCUT2D eigenvalue weighted by Crippen LogP contribution is 2.24. The van der Waals surface area contributed by atoms with E-state index < -0.39 is 12.0 Å². The summed E-state index contributed by atoms with van der Waals surface area (Å²) in [4.78, 5) is 24.2. The van der Waals surface area contributed by atoms with Gasteiger partial charge >= 0.3 is 12.0 Å². The van der Waals surface area contributed by atoms with Crippen molar-refractivity contribution in [1.82, 2.24) is 10.2 Å². The van der Waals surface area contributed by atoms with Crippen molar-refractivity contribution in [2.45, 2.75) is 31.7 Å². The lowest BCUT2D eigenvalue weighted by Gasteiger charge is -2.22. The van der Waals surface area contributed by atoms with Crippen LogP contribution in [0.15, 0.2) is 0 Å². The van der Waals surface area contributed by atoms with Crippen molar-refractivity contribution in [2.75, 3.05) is 18.2 Å². The van der Waals surface area contributed by atoms with Gasteiger partial charge in [0, 0.05) is 12.3 Å². The van der Waals surface area contributed by atoms with Crippen LogP contribution in [0, 0.1) is 5.92 Å². The van der Waals surface area contributed by atoms with Crippen LogP contribution in [-0.4, -0.2) is 46.2 Å². The third-order valence-corrected chi connectivity index (χ3v) is 4.46. The maximum atomic E-state index is 11.9. The van der Waals surface area contributed by atoms with Gasteiger partial charge in [0.05, 0.1) is 5.88 Å². The Balaban J connectivity index is 1.80. The minimum atomic E-state index is -0.911. The molecule has 1 aliphatic carbocycles. The van der Waals surface area contributed by atoms with E-state index in [9.17, 15) is 9.59 Å². The van der Waals surface area contributed by atoms with Gasteiger partial charge in [0.15, 0.2) is 0 Å². The molecule has 1 aliphatic heterocycles. The van der Waals surface area contributed by atoms with Gasteiger partial charge in [0.2, 0.25) is 0 Å². The lowest BCUT2D eigenvalue weighted by molar-refractivity contribution is -0.140. The van der Waals surface area contributed by atoms with Crippen molar-refractivity contribution in [1.29, 1.82) is 0 Å². The second-order valence-corrected chi connectivity index (χ2v) is 5.66. The summed E-state index contributed by atoms with van der Waals surface area (Å²) in [5.74, 6) is 0.642. The first-order valence-electron chi connectivity index (χ1n) is 6.03. The molecule has 1 atom stereocenters. The number of carboxylic acids is 1. The van der Waals surface area contributed by atoms with Crippen molar-refractivity contribution in [3.05, 3.63) is 0 Å². The van der Waals surface area contributed by atoms with E-state index in [-0.39, 0.29) is 6.03 Å². The Kier molecular flexibility index (Phi) is 4.15. The highest BCUT2D eigenvalue weighted by Gasteiger charge is 2.34. The van der Waals surface area contributed by atoms with E-state index in [0.717, 1.165) is 0 Å². The Morgan fingerprint density at radius 2 is 2.06 bits per heavy atom. The van der Waals surface area contributed by atoms with Gasteiger partial charge in [-0.1, -0.05) is 12.8 Å². The molecule has 1 heterocycles. The number of urea groups is 1. The molecular formula is C11H18N2O3S. The van der Waals surface area contributed by atoms with Crippen molar-refractivity contribution in [2.24, 2.45) is 5.92 Å². The van der Waals surface area contributed by atoms with Gasteiger partial charge in [-0.15, -0.1) is 11.8 Å². The number of thioether (sulfide) groups is 1. The van der Waals surface area contributed by atoms with Crippen molar-refractivity contribution >= 4 is 23.8 Å². The molecule has 0 aromatic heterocycles. The number of nitrogens with one attached hydrogen (secondary N) is 1. The Morgan fingerprint density at radius 1 is 1.35 bits per heavy atom. The molecule has 96 valence electrons. The SMILES string of the molecule is O=C(O)[C@@H]1CSCN1C(=O)NCC1CCCC1. The average molecular weight is 258 g/mol. The normalized spacial score (nSPS) is 25.2. The van der Waals surface area contributed by atoms with E-state index in [1.165, 1.54) is 42.3 Å². The van der Waals surface area contributed by atoms with Gasteiger partial charge in [-0.05, 0) is 18.8 Å². The predicted molar refractivity (Wildman–Crippen MR) is 65.9 cm³/mol. The molecular weight excluding hydrogens is 240 g/mol. The molecule has 6 heteroatoms. The van der Waals surface area contributed by atoms with Crippen LogP contribution in [0.5, 0.6) is 0 Å². The second-order valence-electron chi connectivity index (χ2n) is 4.66. The lowest BCUT2D eigenvalue weighted by Crippen LogP contribution is -2.47. The highest BCUT2D eigenvalue weighted by molar-refractivity contribution is 7.99. The van der Waals surface area contributed by atoms with Crippen LogP contribution in [0.2, 0.25) is 0 Å². The quantitative estimate of drug-likeness (QED) is 0.801. The summed E-state index contributed by atoms with van der Waals surface area (Å²) in [7, 11) is 0. The summed E-state index contributed by atoms with van der Waals surface area (Å²) in [6, 6.07) is -0.891. The minimum Gasteiger partial charge on any atom is -0.480 e. The number of rotatable bonds is 3. The molecule has 2 rings (SSSR count). The first kappa shape index (κ1) is 12.5. The van der Waals surface area contributed by atoms with Crippen molar-refractivity contribution in [3.8, 4) is 0 Å². The molecule has 0 aromatic rings. The fourth-order valence-corrected chi connectivity index (χ4v) is 3.54. The van der Waals surface area contributed by atoms with Crippen LogP contribution < -0.4 is 5.32 Å². The van der Waals surface area contributed by atoms with E-state index in [1.807, 2.05) is 0 Å². The summed E-state index contributed by atoms with van der Waals surface area (Å²) in [6.07, 6.45) is 4.85. The monoisotopic (exact) mass is 258 g/mol. The largest absolute Gasteiger partial charge is 0.480 e. The van der Waals surface area contributed by atoms with Gasteiger partial charge < -0.3 is 15.3 Å².